The van der Waals surface area contributed by atoms with Crippen molar-refractivity contribution in [2.45, 2.75) is 50.9 Å². The molecule has 8 nitrogen and oxygen atoms in total. The second kappa shape index (κ2) is 9.87. The molecular weight excluding hydrogens is 487 g/mol. The van der Waals surface area contributed by atoms with E-state index in [2.05, 4.69) is 15.3 Å². The van der Waals surface area contributed by atoms with Gasteiger partial charge in [0.15, 0.2) is 0 Å². The Kier molecular flexibility index (Phi) is 6.98. The van der Waals surface area contributed by atoms with E-state index in [4.69, 9.17) is 16.2 Å². The number of nitrogens with zero attached hydrogens (tertiary/aromatic N) is 2. The number of rotatable bonds is 7. The van der Waals surface area contributed by atoms with Crippen LogP contribution in [-0.4, -0.2) is 42.2 Å². The van der Waals surface area contributed by atoms with E-state index in [-0.39, 0.29) is 45.8 Å². The molecule has 1 spiro atoms. The smallest absolute Gasteiger partial charge is 0.416 e. The Morgan fingerprint density at radius 3 is 2.43 bits per heavy atom. The molecule has 1 aromatic heterocycles. The van der Waals surface area contributed by atoms with E-state index in [1.54, 1.807) is 19.1 Å². The topological polar surface area (TPSA) is 133 Å². The van der Waals surface area contributed by atoms with Crippen molar-refractivity contribution in [1.29, 1.82) is 0 Å². The number of carbonyl (C=O) groups excluding carboxylic acids is 2. The standard InChI is InChI=1S/C26H28F3N5O3/c1-14(30)21(13-32-2)15-6-16(8-17(7-15)26(27,28)29)23(36)34-18-9-25(10-18)11-19(12-25)37-24-20(22(31)35)4-3-5-33-24/h3-8,13,18-19H,9-12,30H2,1-2H3,(H2,31,35)(H,34,36). The summed E-state index contributed by atoms with van der Waals surface area (Å²) >= 11 is 0. The number of hydrogen-bond acceptors (Lipinski definition) is 6. The minimum absolute atomic E-state index is 0.00653. The fourth-order valence-corrected chi connectivity index (χ4v) is 5.12. The maximum absolute atomic E-state index is 13.6. The Morgan fingerprint density at radius 2 is 1.84 bits per heavy atom. The minimum Gasteiger partial charge on any atom is -0.474 e. The predicted octanol–water partition coefficient (Wildman–Crippen LogP) is 3.71. The van der Waals surface area contributed by atoms with Gasteiger partial charge in [-0.05, 0) is 73.9 Å². The third-order valence-electron chi connectivity index (χ3n) is 6.85. The van der Waals surface area contributed by atoms with E-state index in [0.717, 1.165) is 25.0 Å². The van der Waals surface area contributed by atoms with Crippen molar-refractivity contribution in [3.63, 3.8) is 0 Å². The number of ether oxygens (including phenoxy) is 1. The lowest BCUT2D eigenvalue weighted by Gasteiger charge is -2.57. The lowest BCUT2D eigenvalue weighted by Crippen LogP contribution is -2.58. The Hall–Kier alpha value is -3.89. The molecule has 2 amide bonds. The fraction of sp³-hybridized carbons (Fsp3) is 0.385. The second-order valence-corrected chi connectivity index (χ2v) is 9.73. The summed E-state index contributed by atoms with van der Waals surface area (Å²) in [7, 11) is 1.49. The van der Waals surface area contributed by atoms with Crippen LogP contribution in [0.5, 0.6) is 5.88 Å². The molecule has 2 fully saturated rings. The number of aliphatic imine (C=N–C) groups is 1. The number of nitrogens with one attached hydrogen (secondary N) is 1. The first-order valence-electron chi connectivity index (χ1n) is 11.7. The Balaban J connectivity index is 1.40. The van der Waals surface area contributed by atoms with Gasteiger partial charge in [-0.1, -0.05) is 0 Å². The van der Waals surface area contributed by atoms with Crippen LogP contribution in [0.15, 0.2) is 47.2 Å². The first-order chi connectivity index (χ1) is 17.4. The van der Waals surface area contributed by atoms with Gasteiger partial charge in [0.05, 0.1) is 5.56 Å². The van der Waals surface area contributed by atoms with Crippen molar-refractivity contribution >= 4 is 23.6 Å². The number of pyridine rings is 1. The Labute approximate surface area is 212 Å². The second-order valence-electron chi connectivity index (χ2n) is 9.73. The molecule has 1 aromatic carbocycles. The fourth-order valence-electron chi connectivity index (χ4n) is 5.12. The SMILES string of the molecule is CN=CC(=C(C)N)c1cc(C(=O)NC2CC3(C2)CC(Oc2ncccc2C(N)=O)C3)cc(C(F)(F)F)c1. The number of hydrogen-bond donors (Lipinski definition) is 3. The van der Waals surface area contributed by atoms with Gasteiger partial charge in [-0.3, -0.25) is 14.6 Å². The predicted molar refractivity (Wildman–Crippen MR) is 132 cm³/mol. The van der Waals surface area contributed by atoms with E-state index < -0.39 is 23.6 Å². The monoisotopic (exact) mass is 515 g/mol. The zero-order valence-electron chi connectivity index (χ0n) is 20.4. The van der Waals surface area contributed by atoms with Gasteiger partial charge in [0, 0.05) is 42.3 Å². The number of aromatic nitrogens is 1. The molecule has 0 unspecified atom stereocenters. The maximum atomic E-state index is 13.6. The van der Waals surface area contributed by atoms with E-state index in [0.29, 0.717) is 18.4 Å². The molecule has 2 aromatic rings. The van der Waals surface area contributed by atoms with E-state index in [9.17, 15) is 22.8 Å². The zero-order chi connectivity index (χ0) is 27.0. The van der Waals surface area contributed by atoms with Gasteiger partial charge in [-0.15, -0.1) is 0 Å². The summed E-state index contributed by atoms with van der Waals surface area (Å²) in [6, 6.07) is 6.19. The van der Waals surface area contributed by atoms with Gasteiger partial charge >= 0.3 is 6.18 Å². The average molecular weight is 516 g/mol. The van der Waals surface area contributed by atoms with Gasteiger partial charge < -0.3 is 21.5 Å². The van der Waals surface area contributed by atoms with Crippen LogP contribution in [0.25, 0.3) is 5.57 Å². The minimum atomic E-state index is -4.63. The average Bonchev–Trinajstić information content (AvgIpc) is 2.78. The van der Waals surface area contributed by atoms with E-state index in [1.165, 1.54) is 25.5 Å². The molecule has 11 heteroatoms. The number of primary amides is 1. The molecule has 2 aliphatic rings. The first-order valence-corrected chi connectivity index (χ1v) is 11.7. The van der Waals surface area contributed by atoms with Crippen molar-refractivity contribution in [2.75, 3.05) is 7.05 Å². The summed E-state index contributed by atoms with van der Waals surface area (Å²) in [5.74, 6) is -0.998. The molecule has 2 aliphatic carbocycles. The summed E-state index contributed by atoms with van der Waals surface area (Å²) in [6.07, 6.45) is 0.952. The Morgan fingerprint density at radius 1 is 1.16 bits per heavy atom. The number of nitrogens with two attached hydrogens (primary N) is 2. The quantitative estimate of drug-likeness (QED) is 0.484. The third kappa shape index (κ3) is 5.60. The summed E-state index contributed by atoms with van der Waals surface area (Å²) < 4.78 is 46.5. The van der Waals surface area contributed by atoms with Crippen LogP contribution in [0, 0.1) is 5.41 Å². The number of allylic oxidation sites excluding steroid dienone is 2. The molecular formula is C26H28F3N5O3. The number of halogens is 3. The van der Waals surface area contributed by atoms with E-state index >= 15 is 0 Å². The number of alkyl halides is 3. The normalized spacial score (nSPS) is 23.7. The van der Waals surface area contributed by atoms with Crippen molar-refractivity contribution in [1.82, 2.24) is 10.3 Å². The highest BCUT2D eigenvalue weighted by atomic mass is 19.4. The van der Waals surface area contributed by atoms with Crippen molar-refractivity contribution in [2.24, 2.45) is 21.9 Å². The van der Waals surface area contributed by atoms with Crippen LogP contribution in [0.2, 0.25) is 0 Å². The summed E-state index contributed by atoms with van der Waals surface area (Å²) in [5, 5.41) is 2.85. The molecule has 196 valence electrons. The van der Waals surface area contributed by atoms with Gasteiger partial charge in [-0.2, -0.15) is 13.2 Å². The highest BCUT2D eigenvalue weighted by Crippen LogP contribution is 2.56. The molecule has 0 aliphatic heterocycles. The molecule has 37 heavy (non-hydrogen) atoms. The zero-order valence-corrected chi connectivity index (χ0v) is 20.4. The van der Waals surface area contributed by atoms with Gasteiger partial charge in [0.25, 0.3) is 11.8 Å². The van der Waals surface area contributed by atoms with Crippen molar-refractivity contribution < 1.29 is 27.5 Å². The summed E-state index contributed by atoms with van der Waals surface area (Å²) in [6.45, 7) is 1.56. The van der Waals surface area contributed by atoms with Gasteiger partial charge in [0.1, 0.15) is 11.7 Å². The first kappa shape index (κ1) is 26.2. The number of amides is 2. The van der Waals surface area contributed by atoms with Crippen LogP contribution < -0.4 is 21.5 Å². The summed E-state index contributed by atoms with van der Waals surface area (Å²) in [5.41, 5.74) is 11.2. The molecule has 5 N–H and O–H groups in total. The van der Waals surface area contributed by atoms with Crippen LogP contribution in [0.1, 0.15) is 64.4 Å². The molecule has 0 radical (unpaired) electrons. The maximum Gasteiger partial charge on any atom is 0.416 e. The van der Waals surface area contributed by atoms with Crippen molar-refractivity contribution in [3.05, 3.63) is 64.5 Å². The molecule has 0 atom stereocenters. The molecule has 4 rings (SSSR count). The molecule has 0 saturated heterocycles. The molecule has 1 heterocycles. The van der Waals surface area contributed by atoms with Crippen LogP contribution in [0.3, 0.4) is 0 Å². The third-order valence-corrected chi connectivity index (χ3v) is 6.85. The lowest BCUT2D eigenvalue weighted by atomic mass is 9.53. The Bertz CT molecular complexity index is 1270. The van der Waals surface area contributed by atoms with Crippen LogP contribution in [-0.2, 0) is 6.18 Å². The number of benzene rings is 1. The molecule has 0 bridgehead atoms. The highest BCUT2D eigenvalue weighted by Gasteiger charge is 2.54. The lowest BCUT2D eigenvalue weighted by molar-refractivity contribution is -0.137. The van der Waals surface area contributed by atoms with Gasteiger partial charge in [0.2, 0.25) is 5.88 Å². The largest absolute Gasteiger partial charge is 0.474 e. The highest BCUT2D eigenvalue weighted by molar-refractivity contribution is 6.11. The van der Waals surface area contributed by atoms with E-state index in [1.807, 2.05) is 0 Å². The number of carbonyl (C=O) groups is 2. The van der Waals surface area contributed by atoms with Gasteiger partial charge in [-0.25, -0.2) is 4.98 Å². The molecule has 2 saturated carbocycles. The van der Waals surface area contributed by atoms with Crippen molar-refractivity contribution in [3.8, 4) is 5.88 Å². The van der Waals surface area contributed by atoms with Crippen LogP contribution in [0.4, 0.5) is 13.2 Å². The van der Waals surface area contributed by atoms with Crippen LogP contribution >= 0.6 is 0 Å². The summed E-state index contributed by atoms with van der Waals surface area (Å²) in [4.78, 5) is 32.4.